The summed E-state index contributed by atoms with van der Waals surface area (Å²) < 4.78 is 17.2. The SMILES string of the molecule is CC.COc1ncc(F)cc1C. The van der Waals surface area contributed by atoms with Crippen molar-refractivity contribution in [3.8, 4) is 5.88 Å². The summed E-state index contributed by atoms with van der Waals surface area (Å²) in [6.45, 7) is 5.74. The molecule has 0 N–H and O–H groups in total. The number of ether oxygens (including phenoxy) is 1. The maximum Gasteiger partial charge on any atom is 0.216 e. The Balaban J connectivity index is 0.000000561. The second-order valence-electron chi connectivity index (χ2n) is 1.98. The molecule has 2 nitrogen and oxygen atoms in total. The number of nitrogens with zero attached hydrogens (tertiary/aromatic N) is 1. The van der Waals surface area contributed by atoms with E-state index in [0.717, 1.165) is 6.20 Å². The Bertz CT molecular complexity index is 238. The minimum Gasteiger partial charge on any atom is -0.481 e. The summed E-state index contributed by atoms with van der Waals surface area (Å²) in [5, 5.41) is 0. The molecular weight excluding hydrogens is 157 g/mol. The number of methoxy groups -OCH3 is 1. The number of hydrogen-bond donors (Lipinski definition) is 0. The summed E-state index contributed by atoms with van der Waals surface area (Å²) in [6, 6.07) is 1.38. The van der Waals surface area contributed by atoms with Crippen LogP contribution < -0.4 is 4.74 Å². The summed E-state index contributed by atoms with van der Waals surface area (Å²) in [5.74, 6) is 0.139. The summed E-state index contributed by atoms with van der Waals surface area (Å²) in [6.07, 6.45) is 1.13. The number of halogens is 1. The number of aromatic nitrogens is 1. The molecule has 0 saturated heterocycles. The Labute approximate surface area is 72.4 Å². The molecule has 0 aromatic carbocycles. The van der Waals surface area contributed by atoms with Gasteiger partial charge in [0.2, 0.25) is 5.88 Å². The van der Waals surface area contributed by atoms with Crippen molar-refractivity contribution in [2.24, 2.45) is 0 Å². The van der Waals surface area contributed by atoms with E-state index in [0.29, 0.717) is 11.4 Å². The Morgan fingerprint density at radius 1 is 1.42 bits per heavy atom. The first kappa shape index (κ1) is 10.9. The molecule has 1 aromatic rings. The molecule has 0 spiro atoms. The third-order valence-electron chi connectivity index (χ3n) is 1.19. The summed E-state index contributed by atoms with van der Waals surface area (Å²) in [7, 11) is 1.51. The lowest BCUT2D eigenvalue weighted by Gasteiger charge is -2.00. The van der Waals surface area contributed by atoms with Crippen LogP contribution in [0.15, 0.2) is 12.3 Å². The monoisotopic (exact) mass is 171 g/mol. The van der Waals surface area contributed by atoms with Crippen LogP contribution >= 0.6 is 0 Å². The number of pyridine rings is 1. The fourth-order valence-electron chi connectivity index (χ4n) is 0.742. The standard InChI is InChI=1S/C7H8FNO.C2H6/c1-5-3-6(8)4-9-7(5)10-2;1-2/h3-4H,1-2H3;1-2H3. The number of aryl methyl sites for hydroxylation is 1. The van der Waals surface area contributed by atoms with E-state index in [1.165, 1.54) is 13.2 Å². The van der Waals surface area contributed by atoms with Gasteiger partial charge in [0.25, 0.3) is 0 Å². The van der Waals surface area contributed by atoms with Crippen LogP contribution in [0, 0.1) is 12.7 Å². The van der Waals surface area contributed by atoms with Gasteiger partial charge in [-0.2, -0.15) is 0 Å². The van der Waals surface area contributed by atoms with Gasteiger partial charge in [-0.3, -0.25) is 0 Å². The molecule has 12 heavy (non-hydrogen) atoms. The van der Waals surface area contributed by atoms with E-state index in [4.69, 9.17) is 4.74 Å². The summed E-state index contributed by atoms with van der Waals surface area (Å²) in [4.78, 5) is 3.70. The molecule has 0 radical (unpaired) electrons. The lowest BCUT2D eigenvalue weighted by molar-refractivity contribution is 0.392. The molecular formula is C9H14FNO. The van der Waals surface area contributed by atoms with E-state index in [2.05, 4.69) is 4.98 Å². The van der Waals surface area contributed by atoms with E-state index in [1.807, 2.05) is 13.8 Å². The highest BCUT2D eigenvalue weighted by Crippen LogP contribution is 2.12. The van der Waals surface area contributed by atoms with Crippen LogP contribution in [0.4, 0.5) is 4.39 Å². The molecule has 0 aliphatic heterocycles. The first-order chi connectivity index (χ1) is 5.74. The van der Waals surface area contributed by atoms with E-state index in [1.54, 1.807) is 6.92 Å². The minimum atomic E-state index is -0.335. The van der Waals surface area contributed by atoms with Gasteiger partial charge in [0.1, 0.15) is 5.82 Å². The highest BCUT2D eigenvalue weighted by Gasteiger charge is 1.98. The Hall–Kier alpha value is -1.12. The molecule has 0 bridgehead atoms. The summed E-state index contributed by atoms with van der Waals surface area (Å²) >= 11 is 0. The van der Waals surface area contributed by atoms with Crippen molar-refractivity contribution in [1.82, 2.24) is 4.98 Å². The fourth-order valence-corrected chi connectivity index (χ4v) is 0.742. The zero-order valence-electron chi connectivity index (χ0n) is 7.89. The molecule has 1 rings (SSSR count). The van der Waals surface area contributed by atoms with Crippen LogP contribution in [0.2, 0.25) is 0 Å². The van der Waals surface area contributed by atoms with Crippen molar-refractivity contribution in [2.45, 2.75) is 20.8 Å². The van der Waals surface area contributed by atoms with Crippen molar-refractivity contribution >= 4 is 0 Å². The predicted molar refractivity (Wildman–Crippen MR) is 46.8 cm³/mol. The van der Waals surface area contributed by atoms with Crippen LogP contribution in [0.5, 0.6) is 5.88 Å². The van der Waals surface area contributed by atoms with E-state index >= 15 is 0 Å². The Morgan fingerprint density at radius 2 is 2.00 bits per heavy atom. The van der Waals surface area contributed by atoms with Gasteiger partial charge < -0.3 is 4.74 Å². The predicted octanol–water partition coefficient (Wildman–Crippen LogP) is 2.56. The third-order valence-corrected chi connectivity index (χ3v) is 1.19. The quantitative estimate of drug-likeness (QED) is 0.647. The molecule has 0 aliphatic rings. The summed E-state index contributed by atoms with van der Waals surface area (Å²) in [5.41, 5.74) is 0.711. The van der Waals surface area contributed by atoms with Crippen molar-refractivity contribution in [1.29, 1.82) is 0 Å². The molecule has 0 unspecified atom stereocenters. The zero-order valence-corrected chi connectivity index (χ0v) is 7.89. The first-order valence-corrected chi connectivity index (χ1v) is 3.90. The average molecular weight is 171 g/mol. The molecule has 0 atom stereocenters. The molecule has 1 aromatic heterocycles. The molecule has 68 valence electrons. The third kappa shape index (κ3) is 2.86. The van der Waals surface area contributed by atoms with E-state index < -0.39 is 0 Å². The van der Waals surface area contributed by atoms with Gasteiger partial charge in [0.05, 0.1) is 13.3 Å². The van der Waals surface area contributed by atoms with Gasteiger partial charge in [-0.1, -0.05) is 13.8 Å². The van der Waals surface area contributed by atoms with Crippen molar-refractivity contribution in [3.63, 3.8) is 0 Å². The molecule has 0 saturated carbocycles. The van der Waals surface area contributed by atoms with E-state index in [9.17, 15) is 4.39 Å². The average Bonchev–Trinajstić information content (AvgIpc) is 2.08. The molecule has 0 fully saturated rings. The maximum atomic E-state index is 12.4. The van der Waals surface area contributed by atoms with Crippen LogP contribution in [0.25, 0.3) is 0 Å². The molecule has 0 aliphatic carbocycles. The van der Waals surface area contributed by atoms with Gasteiger partial charge in [0, 0.05) is 5.56 Å². The van der Waals surface area contributed by atoms with Gasteiger partial charge in [-0.25, -0.2) is 9.37 Å². The lowest BCUT2D eigenvalue weighted by atomic mass is 10.3. The van der Waals surface area contributed by atoms with E-state index in [-0.39, 0.29) is 5.82 Å². The lowest BCUT2D eigenvalue weighted by Crippen LogP contribution is -1.91. The molecule has 3 heteroatoms. The maximum absolute atomic E-state index is 12.4. The molecule has 0 amide bonds. The Morgan fingerprint density at radius 3 is 2.42 bits per heavy atom. The zero-order chi connectivity index (χ0) is 9.56. The van der Waals surface area contributed by atoms with Crippen molar-refractivity contribution in [3.05, 3.63) is 23.6 Å². The minimum absolute atomic E-state index is 0.335. The van der Waals surface area contributed by atoms with Crippen LogP contribution in [0.1, 0.15) is 19.4 Å². The van der Waals surface area contributed by atoms with Crippen LogP contribution in [-0.4, -0.2) is 12.1 Å². The van der Waals surface area contributed by atoms with Crippen LogP contribution in [-0.2, 0) is 0 Å². The largest absolute Gasteiger partial charge is 0.481 e. The van der Waals surface area contributed by atoms with Gasteiger partial charge in [-0.05, 0) is 13.0 Å². The highest BCUT2D eigenvalue weighted by atomic mass is 19.1. The normalized spacial score (nSPS) is 8.42. The van der Waals surface area contributed by atoms with Gasteiger partial charge >= 0.3 is 0 Å². The topological polar surface area (TPSA) is 22.1 Å². The van der Waals surface area contributed by atoms with Crippen molar-refractivity contribution < 1.29 is 9.13 Å². The molecule has 1 heterocycles. The van der Waals surface area contributed by atoms with Crippen LogP contribution in [0.3, 0.4) is 0 Å². The Kier molecular flexibility index (Phi) is 5.00. The fraction of sp³-hybridized carbons (Fsp3) is 0.444. The number of rotatable bonds is 1. The second-order valence-corrected chi connectivity index (χ2v) is 1.98. The van der Waals surface area contributed by atoms with Gasteiger partial charge in [0.15, 0.2) is 0 Å². The smallest absolute Gasteiger partial charge is 0.216 e. The second kappa shape index (κ2) is 5.52. The highest BCUT2D eigenvalue weighted by molar-refractivity contribution is 5.23. The number of hydrogen-bond acceptors (Lipinski definition) is 2. The van der Waals surface area contributed by atoms with Gasteiger partial charge in [-0.15, -0.1) is 0 Å². The van der Waals surface area contributed by atoms with Crippen molar-refractivity contribution in [2.75, 3.05) is 7.11 Å². The first-order valence-electron chi connectivity index (χ1n) is 3.90.